The molecule has 314 valence electrons. The Morgan fingerprint density at radius 1 is 0.594 bits per heavy atom. The van der Waals surface area contributed by atoms with Crippen molar-refractivity contribution in [1.82, 2.24) is 9.55 Å². The van der Waals surface area contributed by atoms with Crippen molar-refractivity contribution < 1.29 is 46.4 Å². The molecule has 1 aliphatic heterocycles. The molecule has 6 heteroatoms. The third kappa shape index (κ3) is 7.36. The molecule has 64 heavy (non-hydrogen) atoms. The predicted molar refractivity (Wildman–Crippen MR) is 259 cm³/mol. The number of ether oxygens (including phenoxy) is 1. The summed E-state index contributed by atoms with van der Waals surface area (Å²) in [6.45, 7) is 7.98. The van der Waals surface area contributed by atoms with E-state index in [2.05, 4.69) is 32.9 Å². The fourth-order valence-corrected chi connectivity index (χ4v) is 8.01. The fraction of sp³-hybridized carbons (Fsp3) is 0.0690. The first-order chi connectivity index (χ1) is 37.1. The average Bonchev–Trinajstić information content (AvgIpc) is 4.15. The number of fused-ring (bicyclic) bond motifs is 4. The fourth-order valence-electron chi connectivity index (χ4n) is 8.01. The van der Waals surface area contributed by atoms with E-state index in [4.69, 9.17) is 30.3 Å². The van der Waals surface area contributed by atoms with Crippen molar-refractivity contribution in [2.24, 2.45) is 0 Å². The molecule has 10 aromatic rings. The number of benzene rings is 8. The summed E-state index contributed by atoms with van der Waals surface area (Å²) in [5.41, 5.74) is 3.40. The van der Waals surface area contributed by atoms with Crippen LogP contribution in [0.25, 0.3) is 61.0 Å². The van der Waals surface area contributed by atoms with Crippen molar-refractivity contribution in [3.8, 4) is 50.7 Å². The van der Waals surface area contributed by atoms with Crippen LogP contribution in [-0.2, 0) is 26.5 Å². The van der Waals surface area contributed by atoms with Crippen molar-refractivity contribution in [3.05, 3.63) is 224 Å². The zero-order valence-electron chi connectivity index (χ0n) is 49.5. The Labute approximate surface area is 410 Å². The molecule has 3 heterocycles. The maximum absolute atomic E-state index is 9.09. The summed E-state index contributed by atoms with van der Waals surface area (Å²) < 4.78 is 140. The SMILES string of the molecule is [2H]c1c([2H])c([2H])c(-c2ccc(N3[CH-]N(c4c(-c5c([2H])c([2H])c([2H])c([2H])c5[2H])cccc4-c4c([2H])c([2H])c([2H])c([2H])c4[2H])c4ccccc43)[c-]c2Oc2[c-]c3c(cc2)c2ccccc2n3-c2cc(C(C)(C)C)ccn2)c([2H])c1[2H].[Pt]. The number of aromatic nitrogens is 2. The van der Waals surface area contributed by atoms with E-state index in [0.29, 0.717) is 28.4 Å². The minimum atomic E-state index is -0.621. The van der Waals surface area contributed by atoms with Crippen LogP contribution in [0.15, 0.2) is 200 Å². The Balaban J connectivity index is 0.00000704. The van der Waals surface area contributed by atoms with Crippen molar-refractivity contribution in [1.29, 1.82) is 0 Å². The van der Waals surface area contributed by atoms with E-state index < -0.39 is 90.6 Å². The van der Waals surface area contributed by atoms with E-state index >= 15 is 0 Å². The van der Waals surface area contributed by atoms with Gasteiger partial charge in [0.2, 0.25) is 0 Å². The number of para-hydroxylation sites is 4. The van der Waals surface area contributed by atoms with Gasteiger partial charge in [-0.1, -0.05) is 177 Å². The molecule has 0 bridgehead atoms. The summed E-state index contributed by atoms with van der Waals surface area (Å²) in [6.07, 6.45) is 1.77. The minimum Gasteiger partial charge on any atom is -0.509 e. The summed E-state index contributed by atoms with van der Waals surface area (Å²) in [7, 11) is 0. The first-order valence-corrected chi connectivity index (χ1v) is 20.1. The van der Waals surface area contributed by atoms with Gasteiger partial charge in [0.15, 0.2) is 0 Å². The normalized spacial score (nSPS) is 15.6. The summed E-state index contributed by atoms with van der Waals surface area (Å²) >= 11 is 0. The van der Waals surface area contributed by atoms with Crippen LogP contribution in [0.5, 0.6) is 11.5 Å². The smallest absolute Gasteiger partial charge is 0.135 e. The summed E-state index contributed by atoms with van der Waals surface area (Å²) in [6, 6.07) is 28.7. The van der Waals surface area contributed by atoms with Gasteiger partial charge in [0, 0.05) is 72.5 Å². The quantitative estimate of drug-likeness (QED) is 0.142. The van der Waals surface area contributed by atoms with Gasteiger partial charge in [0.05, 0.1) is 20.6 Å². The van der Waals surface area contributed by atoms with Gasteiger partial charge < -0.3 is 19.1 Å². The topological polar surface area (TPSA) is 33.5 Å². The standard InChI is InChI=1S/C58H43N4O.Pt/c1-58(2,3)43-34-35-59-56(36-43)62-51-27-14-13-24-49(51)50-33-31-45(38-54(50)62)63-55-37-44(30-32-46(55)40-18-7-4-8-19-40)60-39-61(53-29-16-15-28-52(53)60)57-47(41-20-9-5-10-21-41)25-17-26-48(57)42-22-11-6-12-23-42;/h4-36,39H,1-3H3;/q-3;/i4D,5D,6D,7D,8D,9D,10D,11D,12D,18D,19D,20D,21D,22D,23D;. The monoisotopic (exact) mass is 1020 g/mol. The predicted octanol–water partition coefficient (Wildman–Crippen LogP) is 15.3. The molecule has 0 aliphatic carbocycles. The molecular weight excluding hydrogens is 964 g/mol. The van der Waals surface area contributed by atoms with Crippen LogP contribution in [0.3, 0.4) is 0 Å². The second-order valence-electron chi connectivity index (χ2n) is 15.8. The second-order valence-corrected chi connectivity index (χ2v) is 15.8. The molecule has 0 N–H and O–H groups in total. The van der Waals surface area contributed by atoms with Gasteiger partial charge in [-0.3, -0.25) is 0 Å². The Morgan fingerprint density at radius 3 is 1.86 bits per heavy atom. The van der Waals surface area contributed by atoms with Gasteiger partial charge in [-0.05, 0) is 57.8 Å². The molecular formula is C58H43N4OPt-3. The van der Waals surface area contributed by atoms with Crippen LogP contribution in [-0.4, -0.2) is 9.55 Å². The van der Waals surface area contributed by atoms with Gasteiger partial charge in [-0.15, -0.1) is 42.0 Å². The van der Waals surface area contributed by atoms with E-state index in [1.807, 2.05) is 47.0 Å². The largest absolute Gasteiger partial charge is 0.509 e. The third-order valence-electron chi connectivity index (χ3n) is 11.0. The Bertz CT molecular complexity index is 4030. The molecule has 0 atom stereocenters. The minimum absolute atomic E-state index is 0. The van der Waals surface area contributed by atoms with Crippen LogP contribution in [0, 0.1) is 18.8 Å². The van der Waals surface area contributed by atoms with Gasteiger partial charge in [-0.25, -0.2) is 4.98 Å². The van der Waals surface area contributed by atoms with Crippen LogP contribution in [0.2, 0.25) is 0 Å². The van der Waals surface area contributed by atoms with Crippen molar-refractivity contribution in [2.45, 2.75) is 26.2 Å². The van der Waals surface area contributed by atoms with Gasteiger partial charge in [0.1, 0.15) is 5.82 Å². The molecule has 2 aromatic heterocycles. The van der Waals surface area contributed by atoms with E-state index in [1.165, 1.54) is 18.2 Å². The molecule has 5 nitrogen and oxygen atoms in total. The number of hydrogen-bond acceptors (Lipinski definition) is 4. The number of nitrogens with zero attached hydrogens (tertiary/aromatic N) is 4. The first-order valence-electron chi connectivity index (χ1n) is 27.6. The zero-order chi connectivity index (χ0) is 55.5. The van der Waals surface area contributed by atoms with Crippen LogP contribution in [0.4, 0.5) is 22.7 Å². The van der Waals surface area contributed by atoms with Crippen LogP contribution in [0.1, 0.15) is 46.9 Å². The molecule has 0 radical (unpaired) electrons. The van der Waals surface area contributed by atoms with E-state index in [9.17, 15) is 0 Å². The number of rotatable bonds is 8. The van der Waals surface area contributed by atoms with Gasteiger partial charge in [0.25, 0.3) is 0 Å². The maximum Gasteiger partial charge on any atom is 0.135 e. The van der Waals surface area contributed by atoms with Crippen LogP contribution < -0.4 is 14.5 Å². The molecule has 0 fully saturated rings. The zero-order valence-corrected chi connectivity index (χ0v) is 36.8. The second kappa shape index (κ2) is 16.8. The Kier molecular flexibility index (Phi) is 7.12. The molecule has 0 amide bonds. The first kappa shape index (κ1) is 27.1. The molecule has 0 unspecified atom stereocenters. The molecule has 0 saturated heterocycles. The van der Waals surface area contributed by atoms with Crippen LogP contribution >= 0.6 is 0 Å². The van der Waals surface area contributed by atoms with Gasteiger partial charge in [-0.2, -0.15) is 12.1 Å². The Morgan fingerprint density at radius 2 is 1.20 bits per heavy atom. The van der Waals surface area contributed by atoms with Crippen molar-refractivity contribution in [3.63, 3.8) is 0 Å². The Hall–Kier alpha value is -7.20. The summed E-state index contributed by atoms with van der Waals surface area (Å²) in [5, 5.41) is 1.78. The third-order valence-corrected chi connectivity index (χ3v) is 11.0. The molecule has 0 saturated carbocycles. The van der Waals surface area contributed by atoms with Crippen molar-refractivity contribution in [2.75, 3.05) is 9.80 Å². The maximum atomic E-state index is 9.09. The molecule has 1 aliphatic rings. The molecule has 0 spiro atoms. The number of hydrogen-bond donors (Lipinski definition) is 0. The molecule has 8 aromatic carbocycles. The molecule has 11 rings (SSSR count). The van der Waals surface area contributed by atoms with E-state index in [0.717, 1.165) is 21.9 Å². The van der Waals surface area contributed by atoms with E-state index in [1.54, 1.807) is 65.1 Å². The summed E-state index contributed by atoms with van der Waals surface area (Å²) in [5.74, 6) is 0.774. The van der Waals surface area contributed by atoms with E-state index in [-0.39, 0.29) is 77.0 Å². The van der Waals surface area contributed by atoms with Crippen molar-refractivity contribution >= 4 is 44.6 Å². The van der Waals surface area contributed by atoms with Gasteiger partial charge >= 0.3 is 0 Å². The number of anilines is 4. The average molecular weight is 1020 g/mol. The summed E-state index contributed by atoms with van der Waals surface area (Å²) in [4.78, 5) is 8.14. The number of pyridine rings is 1.